The SMILES string of the molecule is CCOC(=O)C[C@H]1CCCCN1C(=O)c1cnc(C2CC2)[nH]c1=O. The normalized spacial score (nSPS) is 20.7. The number of hydrogen-bond donors (Lipinski definition) is 1. The molecule has 1 aromatic rings. The lowest BCUT2D eigenvalue weighted by Gasteiger charge is -2.35. The summed E-state index contributed by atoms with van der Waals surface area (Å²) in [5, 5.41) is 0. The van der Waals surface area contributed by atoms with Gasteiger partial charge in [-0.2, -0.15) is 0 Å². The summed E-state index contributed by atoms with van der Waals surface area (Å²) in [5.41, 5.74) is -0.340. The number of carbonyl (C=O) groups is 2. The number of amides is 1. The van der Waals surface area contributed by atoms with Crippen LogP contribution in [0.25, 0.3) is 0 Å². The first-order chi connectivity index (χ1) is 11.6. The van der Waals surface area contributed by atoms with Gasteiger partial charge in [0.2, 0.25) is 0 Å². The molecule has 7 heteroatoms. The first-order valence-electron chi connectivity index (χ1n) is 8.66. The molecule has 130 valence electrons. The van der Waals surface area contributed by atoms with Crippen molar-refractivity contribution in [2.24, 2.45) is 0 Å². The van der Waals surface area contributed by atoms with Crippen LogP contribution in [0.2, 0.25) is 0 Å². The molecule has 1 atom stereocenters. The molecule has 0 radical (unpaired) electrons. The number of rotatable bonds is 5. The molecule has 1 N–H and O–H groups in total. The highest BCUT2D eigenvalue weighted by molar-refractivity contribution is 5.94. The topological polar surface area (TPSA) is 92.4 Å². The molecule has 2 heterocycles. The van der Waals surface area contributed by atoms with Gasteiger partial charge in [0.05, 0.1) is 13.0 Å². The van der Waals surface area contributed by atoms with Crippen LogP contribution < -0.4 is 5.56 Å². The maximum Gasteiger partial charge on any atom is 0.307 e. The predicted octanol–water partition coefficient (Wildman–Crippen LogP) is 1.60. The van der Waals surface area contributed by atoms with E-state index in [0.717, 1.165) is 32.1 Å². The van der Waals surface area contributed by atoms with E-state index in [2.05, 4.69) is 9.97 Å². The molecule has 2 fully saturated rings. The van der Waals surface area contributed by atoms with Gasteiger partial charge in [0, 0.05) is 24.7 Å². The Morgan fingerprint density at radius 3 is 2.79 bits per heavy atom. The number of hydrogen-bond acceptors (Lipinski definition) is 5. The molecule has 0 unspecified atom stereocenters. The van der Waals surface area contributed by atoms with E-state index in [-0.39, 0.29) is 29.9 Å². The number of esters is 1. The van der Waals surface area contributed by atoms with Gasteiger partial charge in [-0.15, -0.1) is 0 Å². The summed E-state index contributed by atoms with van der Waals surface area (Å²) in [6.45, 7) is 2.63. The van der Waals surface area contributed by atoms with E-state index in [1.165, 1.54) is 6.20 Å². The summed E-state index contributed by atoms with van der Waals surface area (Å²) in [6, 6.07) is -0.215. The van der Waals surface area contributed by atoms with E-state index in [0.29, 0.717) is 24.9 Å². The molecule has 24 heavy (non-hydrogen) atoms. The lowest BCUT2D eigenvalue weighted by molar-refractivity contribution is -0.144. The first-order valence-corrected chi connectivity index (χ1v) is 8.66. The number of nitrogens with one attached hydrogen (secondary N) is 1. The fraction of sp³-hybridized carbons (Fsp3) is 0.647. The lowest BCUT2D eigenvalue weighted by Crippen LogP contribution is -2.46. The molecule has 1 saturated heterocycles. The second-order valence-corrected chi connectivity index (χ2v) is 6.44. The molecule has 2 aliphatic rings. The molecule has 0 bridgehead atoms. The molecule has 3 rings (SSSR count). The van der Waals surface area contributed by atoms with Crippen LogP contribution in [-0.2, 0) is 9.53 Å². The van der Waals surface area contributed by atoms with Crippen molar-refractivity contribution in [2.75, 3.05) is 13.2 Å². The van der Waals surface area contributed by atoms with Crippen molar-refractivity contribution >= 4 is 11.9 Å². The number of piperidine rings is 1. The number of ether oxygens (including phenoxy) is 1. The average Bonchev–Trinajstić information content (AvgIpc) is 3.40. The number of carbonyl (C=O) groups excluding carboxylic acids is 2. The highest BCUT2D eigenvalue weighted by atomic mass is 16.5. The molecule has 7 nitrogen and oxygen atoms in total. The minimum Gasteiger partial charge on any atom is -0.466 e. The summed E-state index contributed by atoms with van der Waals surface area (Å²) in [7, 11) is 0. The Morgan fingerprint density at radius 1 is 1.33 bits per heavy atom. The Labute approximate surface area is 140 Å². The first kappa shape index (κ1) is 16.7. The maximum atomic E-state index is 12.8. The monoisotopic (exact) mass is 333 g/mol. The van der Waals surface area contributed by atoms with Crippen LogP contribution in [0.5, 0.6) is 0 Å². The Bertz CT molecular complexity index is 681. The minimum atomic E-state index is -0.391. The van der Waals surface area contributed by atoms with Crippen molar-refractivity contribution in [1.82, 2.24) is 14.9 Å². The Morgan fingerprint density at radius 2 is 2.12 bits per heavy atom. The van der Waals surface area contributed by atoms with Crippen LogP contribution in [0.15, 0.2) is 11.0 Å². The van der Waals surface area contributed by atoms with Gasteiger partial charge in [0.1, 0.15) is 11.4 Å². The van der Waals surface area contributed by atoms with E-state index >= 15 is 0 Å². The smallest absolute Gasteiger partial charge is 0.307 e. The standard InChI is InChI=1S/C17H23N3O4/c1-2-24-14(21)9-12-5-3-4-8-20(12)17(23)13-10-18-15(11-6-7-11)19-16(13)22/h10-12H,2-9H2,1H3,(H,18,19,22)/t12-/m1/s1. The van der Waals surface area contributed by atoms with Crippen LogP contribution >= 0.6 is 0 Å². The van der Waals surface area contributed by atoms with E-state index < -0.39 is 5.56 Å². The second kappa shape index (κ2) is 7.15. The van der Waals surface area contributed by atoms with Gasteiger partial charge in [0.15, 0.2) is 0 Å². The third-order valence-corrected chi connectivity index (χ3v) is 4.61. The Hall–Kier alpha value is -2.18. The fourth-order valence-electron chi connectivity index (χ4n) is 3.17. The molecule has 1 amide bonds. The number of likely N-dealkylation sites (tertiary alicyclic amines) is 1. The van der Waals surface area contributed by atoms with E-state index in [9.17, 15) is 14.4 Å². The number of H-pyrrole nitrogens is 1. The highest BCUT2D eigenvalue weighted by Gasteiger charge is 2.32. The molecule has 1 aliphatic carbocycles. The summed E-state index contributed by atoms with van der Waals surface area (Å²) >= 11 is 0. The van der Waals surface area contributed by atoms with Crippen LogP contribution in [0.1, 0.15) is 67.5 Å². The number of nitrogens with zero attached hydrogens (tertiary/aromatic N) is 2. The molecular formula is C17H23N3O4. The fourth-order valence-corrected chi connectivity index (χ4v) is 3.17. The van der Waals surface area contributed by atoms with Crippen LogP contribution in [0.4, 0.5) is 0 Å². The summed E-state index contributed by atoms with van der Waals surface area (Å²) < 4.78 is 4.99. The van der Waals surface area contributed by atoms with Gasteiger partial charge in [-0.05, 0) is 39.0 Å². The van der Waals surface area contributed by atoms with Gasteiger partial charge < -0.3 is 14.6 Å². The Balaban J connectivity index is 1.76. The van der Waals surface area contributed by atoms with Crippen LogP contribution in [0, 0.1) is 0 Å². The zero-order valence-corrected chi connectivity index (χ0v) is 13.9. The van der Waals surface area contributed by atoms with Gasteiger partial charge in [-0.1, -0.05) is 0 Å². The molecule has 0 spiro atoms. The zero-order chi connectivity index (χ0) is 17.1. The number of aromatic amines is 1. The van der Waals surface area contributed by atoms with Crippen molar-refractivity contribution in [3.8, 4) is 0 Å². The van der Waals surface area contributed by atoms with Gasteiger partial charge >= 0.3 is 5.97 Å². The molecule has 1 aliphatic heterocycles. The largest absolute Gasteiger partial charge is 0.466 e. The van der Waals surface area contributed by atoms with Gasteiger partial charge in [-0.3, -0.25) is 14.4 Å². The molecule has 0 aromatic carbocycles. The quantitative estimate of drug-likeness (QED) is 0.826. The van der Waals surface area contributed by atoms with Crippen molar-refractivity contribution in [2.45, 2.75) is 57.4 Å². The zero-order valence-electron chi connectivity index (χ0n) is 13.9. The molecule has 1 aromatic heterocycles. The molecular weight excluding hydrogens is 310 g/mol. The van der Waals surface area contributed by atoms with Gasteiger partial charge in [0.25, 0.3) is 11.5 Å². The van der Waals surface area contributed by atoms with E-state index in [1.54, 1.807) is 11.8 Å². The van der Waals surface area contributed by atoms with Crippen molar-refractivity contribution in [1.29, 1.82) is 0 Å². The van der Waals surface area contributed by atoms with Crippen LogP contribution in [-0.4, -0.2) is 45.9 Å². The maximum absolute atomic E-state index is 12.8. The van der Waals surface area contributed by atoms with Crippen LogP contribution in [0.3, 0.4) is 0 Å². The van der Waals surface area contributed by atoms with E-state index in [4.69, 9.17) is 4.74 Å². The van der Waals surface area contributed by atoms with Crippen molar-refractivity contribution < 1.29 is 14.3 Å². The minimum absolute atomic E-state index is 0.0511. The lowest BCUT2D eigenvalue weighted by atomic mass is 9.98. The van der Waals surface area contributed by atoms with Gasteiger partial charge in [-0.25, -0.2) is 4.98 Å². The predicted molar refractivity (Wildman–Crippen MR) is 86.8 cm³/mol. The van der Waals surface area contributed by atoms with Crippen molar-refractivity contribution in [3.05, 3.63) is 27.9 Å². The molecule has 1 saturated carbocycles. The Kier molecular flexibility index (Phi) is 4.97. The average molecular weight is 333 g/mol. The summed E-state index contributed by atoms with van der Waals surface area (Å²) in [6.07, 6.45) is 6.19. The third-order valence-electron chi connectivity index (χ3n) is 4.61. The van der Waals surface area contributed by atoms with Crippen molar-refractivity contribution in [3.63, 3.8) is 0 Å². The summed E-state index contributed by atoms with van der Waals surface area (Å²) in [4.78, 5) is 45.4. The number of aromatic nitrogens is 2. The third kappa shape index (κ3) is 3.66. The second-order valence-electron chi connectivity index (χ2n) is 6.44. The van der Waals surface area contributed by atoms with E-state index in [1.807, 2.05) is 0 Å². The summed E-state index contributed by atoms with van der Waals surface area (Å²) in [5.74, 6) is 0.338. The highest BCUT2D eigenvalue weighted by Crippen LogP contribution is 2.37.